The fourth-order valence-electron chi connectivity index (χ4n) is 6.38. The molecule has 4 nitrogen and oxygen atoms in total. The second kappa shape index (κ2) is 8.95. The summed E-state index contributed by atoms with van der Waals surface area (Å²) in [4.78, 5) is 20.8. The first kappa shape index (κ1) is 23.3. The van der Waals surface area contributed by atoms with Crippen LogP contribution in [0.1, 0.15) is 47.2 Å². The van der Waals surface area contributed by atoms with Crippen molar-refractivity contribution >= 4 is 55.4 Å². The van der Waals surface area contributed by atoms with Crippen LogP contribution in [0.3, 0.4) is 0 Å². The minimum Gasteiger partial charge on any atom is -0.379 e. The summed E-state index contributed by atoms with van der Waals surface area (Å²) in [7, 11) is 4.78. The summed E-state index contributed by atoms with van der Waals surface area (Å²) in [6.07, 6.45) is 2.12. The zero-order valence-electron chi connectivity index (χ0n) is 20.4. The lowest BCUT2D eigenvalue weighted by molar-refractivity contribution is 0.0984. The largest absolute Gasteiger partial charge is 0.379 e. The second-order valence-electron chi connectivity index (χ2n) is 10.6. The standard InChI is InChI=1S/C26H34B2IN3O/c1-3-32-23-6-4-5-19-20-15-30(14-12-22(20)31(24(19)23)16-26(32,27)28)13-11-21(29)25(33)18-9-7-17(2)8-10-18/h4-10,20-22H,3,11-16,27-28H2,1-2H3/t20-,21?,22-/m0/s1. The molecule has 0 N–H and O–H groups in total. The van der Waals surface area contributed by atoms with E-state index in [1.807, 2.05) is 24.3 Å². The minimum atomic E-state index is 0.0305. The fourth-order valence-corrected chi connectivity index (χ4v) is 7.02. The first-order chi connectivity index (χ1) is 15.8. The molecule has 3 aliphatic rings. The average Bonchev–Trinajstić information content (AvgIpc) is 3.11. The second-order valence-corrected chi connectivity index (χ2v) is 12.2. The molecule has 3 atom stereocenters. The Kier molecular flexibility index (Phi) is 6.32. The van der Waals surface area contributed by atoms with Crippen LogP contribution in [0.25, 0.3) is 0 Å². The Morgan fingerprint density at radius 2 is 1.97 bits per heavy atom. The van der Waals surface area contributed by atoms with Crippen LogP contribution in [0.2, 0.25) is 0 Å². The average molecular weight is 553 g/mol. The van der Waals surface area contributed by atoms with Crippen molar-refractivity contribution in [3.8, 4) is 0 Å². The molecule has 7 heteroatoms. The van der Waals surface area contributed by atoms with Gasteiger partial charge in [-0.3, -0.25) is 4.79 Å². The number of ketones is 1. The normalized spacial score (nSPS) is 24.3. The zero-order chi connectivity index (χ0) is 23.3. The van der Waals surface area contributed by atoms with Crippen molar-refractivity contribution in [3.63, 3.8) is 0 Å². The highest BCUT2D eigenvalue weighted by molar-refractivity contribution is 14.1. The van der Waals surface area contributed by atoms with Crippen molar-refractivity contribution in [2.24, 2.45) is 0 Å². The molecule has 0 aliphatic carbocycles. The van der Waals surface area contributed by atoms with Crippen LogP contribution in [-0.4, -0.2) is 74.4 Å². The maximum Gasteiger partial charge on any atom is 0.175 e. The van der Waals surface area contributed by atoms with Crippen LogP contribution in [0, 0.1) is 6.92 Å². The maximum absolute atomic E-state index is 12.9. The van der Waals surface area contributed by atoms with Gasteiger partial charge < -0.3 is 14.7 Å². The molecule has 1 fully saturated rings. The summed E-state index contributed by atoms with van der Waals surface area (Å²) >= 11 is 2.35. The number of hydrogen-bond donors (Lipinski definition) is 0. The number of fused-ring (bicyclic) bond motifs is 3. The summed E-state index contributed by atoms with van der Waals surface area (Å²) in [5, 5.41) is 0.150. The smallest absolute Gasteiger partial charge is 0.175 e. The Labute approximate surface area is 214 Å². The molecule has 3 aliphatic heterocycles. The molecule has 1 saturated heterocycles. The molecule has 0 aromatic heterocycles. The number of carbonyl (C=O) groups is 1. The number of likely N-dealkylation sites (N-methyl/N-ethyl adjacent to an activating group) is 1. The maximum atomic E-state index is 12.9. The van der Waals surface area contributed by atoms with E-state index in [2.05, 4.69) is 85.0 Å². The predicted molar refractivity (Wildman–Crippen MR) is 152 cm³/mol. The lowest BCUT2D eigenvalue weighted by atomic mass is 9.59. The molecule has 0 amide bonds. The number of rotatable bonds is 6. The third-order valence-corrected chi connectivity index (χ3v) is 9.20. The molecule has 3 heterocycles. The van der Waals surface area contributed by atoms with Gasteiger partial charge in [-0.25, -0.2) is 0 Å². The van der Waals surface area contributed by atoms with Gasteiger partial charge in [0.1, 0.15) is 15.7 Å². The van der Waals surface area contributed by atoms with E-state index in [-0.39, 0.29) is 15.0 Å². The van der Waals surface area contributed by atoms with Crippen LogP contribution in [0.15, 0.2) is 42.5 Å². The summed E-state index contributed by atoms with van der Waals surface area (Å²) in [6, 6.07) is 15.6. The van der Waals surface area contributed by atoms with Gasteiger partial charge in [0.05, 0.1) is 15.3 Å². The number of carbonyl (C=O) groups excluding carboxylic acids is 1. The molecular weight excluding hydrogens is 519 g/mol. The molecule has 172 valence electrons. The number of alkyl halides is 1. The molecule has 2 aromatic rings. The highest BCUT2D eigenvalue weighted by Crippen LogP contribution is 2.52. The van der Waals surface area contributed by atoms with Crippen LogP contribution >= 0.6 is 22.6 Å². The van der Waals surface area contributed by atoms with Gasteiger partial charge in [-0.2, -0.15) is 0 Å². The number of para-hydroxylation sites is 1. The number of halogens is 1. The zero-order valence-corrected chi connectivity index (χ0v) is 22.5. The molecule has 0 radical (unpaired) electrons. The van der Waals surface area contributed by atoms with Gasteiger partial charge in [-0.15, -0.1) is 0 Å². The molecule has 0 saturated carbocycles. The van der Waals surface area contributed by atoms with E-state index in [9.17, 15) is 4.79 Å². The van der Waals surface area contributed by atoms with Crippen molar-refractivity contribution < 1.29 is 4.79 Å². The van der Waals surface area contributed by atoms with E-state index >= 15 is 0 Å². The van der Waals surface area contributed by atoms with E-state index in [4.69, 9.17) is 0 Å². The predicted octanol–water partition coefficient (Wildman–Crippen LogP) is 2.81. The number of aryl methyl sites for hydroxylation is 1. The highest BCUT2D eigenvalue weighted by Gasteiger charge is 2.48. The van der Waals surface area contributed by atoms with Crippen molar-refractivity contribution in [3.05, 3.63) is 59.2 Å². The van der Waals surface area contributed by atoms with Gasteiger partial charge >= 0.3 is 0 Å². The van der Waals surface area contributed by atoms with Crippen molar-refractivity contribution in [2.75, 3.05) is 42.5 Å². The topological polar surface area (TPSA) is 26.8 Å². The first-order valence-corrected chi connectivity index (χ1v) is 13.7. The highest BCUT2D eigenvalue weighted by atomic mass is 127. The van der Waals surface area contributed by atoms with Crippen LogP contribution in [0.5, 0.6) is 0 Å². The molecule has 5 rings (SSSR count). The number of likely N-dealkylation sites (tertiary alicyclic amines) is 1. The molecule has 2 aromatic carbocycles. The summed E-state index contributed by atoms with van der Waals surface area (Å²) in [5.41, 5.74) is 6.49. The number of benzene rings is 2. The summed E-state index contributed by atoms with van der Waals surface area (Å²) in [5.74, 6) is 0.835. The Hall–Kier alpha value is -1.47. The summed E-state index contributed by atoms with van der Waals surface area (Å²) in [6.45, 7) is 9.71. The van der Waals surface area contributed by atoms with Gasteiger partial charge in [-0.05, 0) is 50.2 Å². The number of anilines is 2. The van der Waals surface area contributed by atoms with Crippen molar-refractivity contribution in [1.82, 2.24) is 4.90 Å². The van der Waals surface area contributed by atoms with Gasteiger partial charge in [0.2, 0.25) is 0 Å². The number of hydrogen-bond acceptors (Lipinski definition) is 4. The molecule has 0 spiro atoms. The lowest BCUT2D eigenvalue weighted by Crippen LogP contribution is -2.62. The lowest BCUT2D eigenvalue weighted by Gasteiger charge is -2.51. The third kappa shape index (κ3) is 4.13. The van der Waals surface area contributed by atoms with Gasteiger partial charge in [0.15, 0.2) is 5.78 Å². The van der Waals surface area contributed by atoms with E-state index in [0.29, 0.717) is 12.0 Å². The number of Topliss-reactive ketones (excluding diaryl/α,β-unsaturated/α-hetero) is 1. The minimum absolute atomic E-state index is 0.0305. The Balaban J connectivity index is 1.28. The van der Waals surface area contributed by atoms with Gasteiger partial charge in [0.25, 0.3) is 0 Å². The van der Waals surface area contributed by atoms with Gasteiger partial charge in [0, 0.05) is 43.7 Å². The molecule has 33 heavy (non-hydrogen) atoms. The van der Waals surface area contributed by atoms with Gasteiger partial charge in [-0.1, -0.05) is 64.6 Å². The van der Waals surface area contributed by atoms with E-state index in [1.54, 1.807) is 0 Å². The fraction of sp³-hybridized carbons (Fsp3) is 0.500. The van der Waals surface area contributed by atoms with Crippen molar-refractivity contribution in [1.29, 1.82) is 0 Å². The van der Waals surface area contributed by atoms with Crippen LogP contribution in [0.4, 0.5) is 11.4 Å². The molecule has 1 unspecified atom stereocenters. The SMILES string of the molecule is BC1(B)CN2c3c(cccc3N1CC)[C@@H]1CN(CCC(I)C(=O)c3ccc(C)cc3)CC[C@@H]12. The number of piperidine rings is 1. The molecular formula is C26H34B2IN3O. The third-order valence-electron chi connectivity index (χ3n) is 8.01. The molecule has 0 bridgehead atoms. The Bertz CT molecular complexity index is 1040. The Morgan fingerprint density at radius 1 is 1.21 bits per heavy atom. The Morgan fingerprint density at radius 3 is 2.70 bits per heavy atom. The van der Waals surface area contributed by atoms with Crippen LogP contribution < -0.4 is 9.80 Å². The number of nitrogens with zero attached hydrogens (tertiary/aromatic N) is 3. The first-order valence-electron chi connectivity index (χ1n) is 12.4. The quantitative estimate of drug-likeness (QED) is 0.238. The van der Waals surface area contributed by atoms with E-state index in [1.165, 1.54) is 28.9 Å². The van der Waals surface area contributed by atoms with Crippen LogP contribution in [-0.2, 0) is 0 Å². The summed E-state index contributed by atoms with van der Waals surface area (Å²) < 4.78 is 0.0305. The van der Waals surface area contributed by atoms with Crippen molar-refractivity contribution in [2.45, 2.75) is 47.9 Å². The monoisotopic (exact) mass is 553 g/mol. The van der Waals surface area contributed by atoms with E-state index < -0.39 is 0 Å². The van der Waals surface area contributed by atoms with E-state index in [0.717, 1.165) is 44.7 Å².